The van der Waals surface area contributed by atoms with Gasteiger partial charge in [-0.25, -0.2) is 4.79 Å². The third-order valence-corrected chi connectivity index (χ3v) is 8.92. The number of ether oxygens (including phenoxy) is 4. The number of carboxylic acids is 1. The molecule has 0 spiro atoms. The molecule has 1 N–H and O–H groups in total. The van der Waals surface area contributed by atoms with E-state index in [1.54, 1.807) is 0 Å². The fraction of sp³-hybridized carbons (Fsp3) is 0.653. The minimum atomic E-state index is -1.53. The molecule has 0 aliphatic carbocycles. The Morgan fingerprint density at radius 2 is 0.983 bits per heavy atom. The van der Waals surface area contributed by atoms with Gasteiger partial charge >= 0.3 is 17.9 Å². The summed E-state index contributed by atoms with van der Waals surface area (Å²) in [5.41, 5.74) is 0. The number of nitrogens with zero attached hydrogens (tertiary/aromatic N) is 1. The minimum Gasteiger partial charge on any atom is -0.477 e. The molecule has 0 radical (unpaired) electrons. The number of rotatable bonds is 39. The lowest BCUT2D eigenvalue weighted by Gasteiger charge is -2.25. The van der Waals surface area contributed by atoms with Crippen LogP contribution < -0.4 is 0 Å². The lowest BCUT2D eigenvalue weighted by atomic mass is 10.1. The SMILES string of the molecule is CC/C=C\C/C=C\C/C=C\C/C=C\C/C=C\C/C=C\C/C=C\CCCC(=O)OC(COC(=O)CCCCCCCCCCCC)COC(OCC[N+](C)(C)C)C(=O)O. The van der Waals surface area contributed by atoms with Gasteiger partial charge in [0.05, 0.1) is 34.4 Å². The number of hydrogen-bond acceptors (Lipinski definition) is 7. The Balaban J connectivity index is 4.53. The number of allylic oxidation sites excluding steroid dienone is 14. The third kappa shape index (κ3) is 40.7. The van der Waals surface area contributed by atoms with Gasteiger partial charge in [-0.2, -0.15) is 0 Å². The first kappa shape index (κ1) is 54.5. The van der Waals surface area contributed by atoms with Crippen molar-refractivity contribution in [2.45, 2.75) is 161 Å². The summed E-state index contributed by atoms with van der Waals surface area (Å²) in [6, 6.07) is 0. The molecule has 58 heavy (non-hydrogen) atoms. The maximum Gasteiger partial charge on any atom is 0.361 e. The second kappa shape index (κ2) is 40.3. The summed E-state index contributed by atoms with van der Waals surface area (Å²) in [4.78, 5) is 37.0. The molecule has 0 bridgehead atoms. The molecule has 9 heteroatoms. The Morgan fingerprint density at radius 3 is 1.45 bits per heavy atom. The van der Waals surface area contributed by atoms with Crippen LogP contribution in [0, 0.1) is 0 Å². The second-order valence-corrected chi connectivity index (χ2v) is 15.6. The van der Waals surface area contributed by atoms with E-state index in [1.165, 1.54) is 44.9 Å². The van der Waals surface area contributed by atoms with E-state index < -0.39 is 24.3 Å². The number of carbonyl (C=O) groups is 3. The highest BCUT2D eigenvalue weighted by Gasteiger charge is 2.25. The van der Waals surface area contributed by atoms with Gasteiger partial charge in [0.15, 0.2) is 6.10 Å². The van der Waals surface area contributed by atoms with E-state index in [0.29, 0.717) is 23.9 Å². The van der Waals surface area contributed by atoms with Gasteiger partial charge < -0.3 is 28.5 Å². The summed E-state index contributed by atoms with van der Waals surface area (Å²) >= 11 is 0. The lowest BCUT2D eigenvalue weighted by molar-refractivity contribution is -0.870. The van der Waals surface area contributed by atoms with Gasteiger partial charge in [0.1, 0.15) is 13.2 Å². The molecule has 0 rings (SSSR count). The molecule has 0 saturated carbocycles. The number of aliphatic carboxylic acids is 1. The quantitative estimate of drug-likeness (QED) is 0.0215. The van der Waals surface area contributed by atoms with Crippen molar-refractivity contribution in [2.75, 3.05) is 47.5 Å². The zero-order chi connectivity index (χ0) is 42.8. The predicted molar refractivity (Wildman–Crippen MR) is 239 cm³/mol. The van der Waals surface area contributed by atoms with Gasteiger partial charge in [-0.15, -0.1) is 0 Å². The van der Waals surface area contributed by atoms with Crippen molar-refractivity contribution in [3.63, 3.8) is 0 Å². The number of carbonyl (C=O) groups excluding carboxylic acids is 2. The largest absolute Gasteiger partial charge is 0.477 e. The maximum absolute atomic E-state index is 12.7. The van der Waals surface area contributed by atoms with E-state index in [1.807, 2.05) is 21.1 Å². The van der Waals surface area contributed by atoms with Gasteiger partial charge in [-0.05, 0) is 64.2 Å². The van der Waals surface area contributed by atoms with Crippen molar-refractivity contribution < 1.29 is 42.9 Å². The van der Waals surface area contributed by atoms with Crippen LogP contribution in [0.4, 0.5) is 0 Å². The molecular weight excluding hydrogens is 731 g/mol. The Kier molecular flexibility index (Phi) is 37.8. The first-order valence-corrected chi connectivity index (χ1v) is 22.3. The van der Waals surface area contributed by atoms with Crippen LogP contribution in [0.1, 0.15) is 149 Å². The molecule has 0 saturated heterocycles. The number of hydrogen-bond donors (Lipinski definition) is 1. The summed E-state index contributed by atoms with van der Waals surface area (Å²) in [5, 5.41) is 9.62. The molecule has 0 fully saturated rings. The molecule has 9 nitrogen and oxygen atoms in total. The molecule has 0 aromatic heterocycles. The zero-order valence-corrected chi connectivity index (χ0v) is 37.2. The average molecular weight is 813 g/mol. The van der Waals surface area contributed by atoms with Crippen LogP contribution in [-0.2, 0) is 33.3 Å². The topological polar surface area (TPSA) is 108 Å². The smallest absolute Gasteiger partial charge is 0.361 e. The fourth-order valence-electron chi connectivity index (χ4n) is 5.47. The van der Waals surface area contributed by atoms with Crippen molar-refractivity contribution in [3.8, 4) is 0 Å². The van der Waals surface area contributed by atoms with Crippen molar-refractivity contribution in [2.24, 2.45) is 0 Å². The van der Waals surface area contributed by atoms with Crippen LogP contribution in [0.25, 0.3) is 0 Å². The molecule has 0 amide bonds. The monoisotopic (exact) mass is 813 g/mol. The molecule has 0 aromatic carbocycles. The molecule has 2 atom stereocenters. The molecule has 330 valence electrons. The van der Waals surface area contributed by atoms with Crippen molar-refractivity contribution in [1.29, 1.82) is 0 Å². The summed E-state index contributed by atoms with van der Waals surface area (Å²) in [6.45, 7) is 4.64. The molecular formula is C49H82NO8+. The highest BCUT2D eigenvalue weighted by molar-refractivity contribution is 5.71. The number of quaternary nitrogens is 1. The fourth-order valence-corrected chi connectivity index (χ4v) is 5.47. The van der Waals surface area contributed by atoms with Crippen molar-refractivity contribution in [3.05, 3.63) is 85.1 Å². The van der Waals surface area contributed by atoms with Crippen LogP contribution >= 0.6 is 0 Å². The van der Waals surface area contributed by atoms with E-state index in [0.717, 1.165) is 64.2 Å². The summed E-state index contributed by atoms with van der Waals surface area (Å²) in [7, 11) is 5.92. The summed E-state index contributed by atoms with van der Waals surface area (Å²) < 4.78 is 22.6. The standard InChI is InChI=1S/C49H81NO8/c1-6-8-10-12-14-16-18-19-20-21-22-23-24-25-26-27-28-29-30-32-34-36-38-40-47(52)58-45(44-57-49(48(53)54)55-42-41-50(3,4)5)43-56-46(51)39-37-35-33-31-17-15-13-11-9-7-2/h8,10,14,16,19-20,22-23,25-26,28-29,32,34,45,49H,6-7,9,11-13,15,17-18,21,24,27,30-31,33,35-44H2,1-5H3/p+1/b10-8-,16-14-,20-19-,23-22-,26-25-,29-28-,34-32-. The van der Waals surface area contributed by atoms with Crippen LogP contribution in [0.5, 0.6) is 0 Å². The first-order chi connectivity index (χ1) is 28.1. The third-order valence-electron chi connectivity index (χ3n) is 8.92. The molecule has 2 unspecified atom stereocenters. The number of esters is 2. The predicted octanol–water partition coefficient (Wildman–Crippen LogP) is 11.7. The minimum absolute atomic E-state index is 0.173. The highest BCUT2D eigenvalue weighted by Crippen LogP contribution is 2.12. The first-order valence-electron chi connectivity index (χ1n) is 22.3. The van der Waals surface area contributed by atoms with E-state index in [9.17, 15) is 19.5 Å². The number of unbranched alkanes of at least 4 members (excludes halogenated alkanes) is 10. The molecule has 0 aliphatic heterocycles. The van der Waals surface area contributed by atoms with E-state index in [2.05, 4.69) is 98.9 Å². The van der Waals surface area contributed by atoms with Gasteiger partial charge in [0.2, 0.25) is 0 Å². The van der Waals surface area contributed by atoms with Crippen molar-refractivity contribution in [1.82, 2.24) is 0 Å². The van der Waals surface area contributed by atoms with Crippen molar-refractivity contribution >= 4 is 17.9 Å². The maximum atomic E-state index is 12.7. The molecule has 0 aromatic rings. The van der Waals surface area contributed by atoms with Crippen LogP contribution in [0.15, 0.2) is 85.1 Å². The normalized spacial score (nSPS) is 13.7. The van der Waals surface area contributed by atoms with Crippen LogP contribution in [0.3, 0.4) is 0 Å². The van der Waals surface area contributed by atoms with E-state index in [4.69, 9.17) is 18.9 Å². The van der Waals surface area contributed by atoms with E-state index in [-0.39, 0.29) is 38.6 Å². The second-order valence-electron chi connectivity index (χ2n) is 15.6. The summed E-state index contributed by atoms with van der Waals surface area (Å²) in [6.07, 6.45) is 48.0. The average Bonchev–Trinajstić information content (AvgIpc) is 3.18. The highest BCUT2D eigenvalue weighted by atomic mass is 16.7. The molecule has 0 aliphatic rings. The van der Waals surface area contributed by atoms with Crippen LogP contribution in [0.2, 0.25) is 0 Å². The molecule has 0 heterocycles. The van der Waals surface area contributed by atoms with Gasteiger partial charge in [-0.3, -0.25) is 9.59 Å². The van der Waals surface area contributed by atoms with Gasteiger partial charge in [0.25, 0.3) is 6.29 Å². The number of likely N-dealkylation sites (N-methyl/N-ethyl adjacent to an activating group) is 1. The van der Waals surface area contributed by atoms with Crippen LogP contribution in [-0.4, -0.2) is 87.4 Å². The number of carboxylic acid groups (broad SMARTS) is 1. The lowest BCUT2D eigenvalue weighted by Crippen LogP contribution is -2.40. The Hall–Kier alpha value is -3.53. The van der Waals surface area contributed by atoms with Gasteiger partial charge in [0, 0.05) is 12.8 Å². The Morgan fingerprint density at radius 1 is 0.534 bits per heavy atom. The van der Waals surface area contributed by atoms with E-state index >= 15 is 0 Å². The summed E-state index contributed by atoms with van der Waals surface area (Å²) in [5.74, 6) is -2.10. The Labute approximate surface area is 353 Å². The Bertz CT molecular complexity index is 1220. The van der Waals surface area contributed by atoms with Gasteiger partial charge in [-0.1, -0.05) is 157 Å². The zero-order valence-electron chi connectivity index (χ0n) is 37.2.